The van der Waals surface area contributed by atoms with Gasteiger partial charge >= 0.3 is 0 Å². The first-order valence-electron chi connectivity index (χ1n) is 8.64. The molecule has 1 aliphatic rings. The molecule has 2 N–H and O–H groups in total. The van der Waals surface area contributed by atoms with Gasteiger partial charge < -0.3 is 24.8 Å². The van der Waals surface area contributed by atoms with Crippen LogP contribution in [-0.2, 0) is 11.3 Å². The third kappa shape index (κ3) is 4.08. The van der Waals surface area contributed by atoms with Crippen molar-refractivity contribution in [2.24, 2.45) is 0 Å². The summed E-state index contributed by atoms with van der Waals surface area (Å²) in [6.07, 6.45) is 0.112. The quantitative estimate of drug-likeness (QED) is 0.832. The van der Waals surface area contributed by atoms with Crippen molar-refractivity contribution < 1.29 is 19.4 Å². The average Bonchev–Trinajstić information content (AvgIpc) is 2.65. The van der Waals surface area contributed by atoms with Crippen LogP contribution in [-0.4, -0.2) is 43.2 Å². The number of carbonyl (C=O) groups excluding carboxylic acids is 1. The Morgan fingerprint density at radius 2 is 2.08 bits per heavy atom. The van der Waals surface area contributed by atoms with Gasteiger partial charge in [-0.05, 0) is 12.1 Å². The van der Waals surface area contributed by atoms with Crippen molar-refractivity contribution in [3.63, 3.8) is 0 Å². The maximum Gasteiger partial charge on any atom is 0.259 e. The molecule has 6 heteroatoms. The zero-order chi connectivity index (χ0) is 18.5. The summed E-state index contributed by atoms with van der Waals surface area (Å²) in [7, 11) is 3.40. The number of aliphatic hydroxyl groups is 1. The van der Waals surface area contributed by atoms with Crippen LogP contribution in [0.1, 0.15) is 23.7 Å². The number of nitrogens with one attached hydrogen (secondary N) is 1. The number of fused-ring (bicyclic) bond motifs is 1. The van der Waals surface area contributed by atoms with Crippen molar-refractivity contribution in [2.45, 2.75) is 19.1 Å². The number of benzene rings is 2. The number of likely N-dealkylation sites (N-methyl/N-ethyl adjacent to an activating group) is 1. The Hall–Kier alpha value is -2.73. The molecule has 1 heterocycles. The summed E-state index contributed by atoms with van der Waals surface area (Å²) in [5, 5.41) is 13.5. The summed E-state index contributed by atoms with van der Waals surface area (Å²) in [4.78, 5) is 13.2. The van der Waals surface area contributed by atoms with Crippen LogP contribution in [0.5, 0.6) is 11.5 Å². The maximum atomic E-state index is 11.7. The lowest BCUT2D eigenvalue weighted by Crippen LogP contribution is -2.27. The molecule has 2 aromatic rings. The van der Waals surface area contributed by atoms with E-state index < -0.39 is 6.10 Å². The summed E-state index contributed by atoms with van der Waals surface area (Å²) in [6.45, 7) is 1.02. The number of nitrogens with zero attached hydrogens (tertiary/aromatic N) is 1. The SMILES string of the molecule is CN(C)C(=O)COc1ccccc1CNc1cccc2c1OCCC2O. The van der Waals surface area contributed by atoms with Gasteiger partial charge in [-0.15, -0.1) is 0 Å². The van der Waals surface area contributed by atoms with Crippen LogP contribution in [0.15, 0.2) is 42.5 Å². The molecule has 6 nitrogen and oxygen atoms in total. The van der Waals surface area contributed by atoms with E-state index in [9.17, 15) is 9.90 Å². The highest BCUT2D eigenvalue weighted by atomic mass is 16.5. The highest BCUT2D eigenvalue weighted by molar-refractivity contribution is 5.77. The first-order chi connectivity index (χ1) is 12.6. The van der Waals surface area contributed by atoms with E-state index in [4.69, 9.17) is 9.47 Å². The predicted molar refractivity (Wildman–Crippen MR) is 99.5 cm³/mol. The second-order valence-electron chi connectivity index (χ2n) is 6.41. The summed E-state index contributed by atoms with van der Waals surface area (Å²) in [5.74, 6) is 1.28. The minimum atomic E-state index is -0.492. The monoisotopic (exact) mass is 356 g/mol. The van der Waals surface area contributed by atoms with E-state index in [-0.39, 0.29) is 12.5 Å². The molecule has 0 fully saturated rings. The third-order valence-corrected chi connectivity index (χ3v) is 4.33. The van der Waals surface area contributed by atoms with Gasteiger partial charge in [0.1, 0.15) is 11.5 Å². The number of aliphatic hydroxyl groups excluding tert-OH is 1. The van der Waals surface area contributed by atoms with E-state index in [1.165, 1.54) is 4.90 Å². The molecular formula is C20H24N2O4. The van der Waals surface area contributed by atoms with Crippen LogP contribution >= 0.6 is 0 Å². The van der Waals surface area contributed by atoms with Gasteiger partial charge in [0.15, 0.2) is 6.61 Å². The molecule has 0 radical (unpaired) electrons. The van der Waals surface area contributed by atoms with Crippen LogP contribution in [0.2, 0.25) is 0 Å². The minimum Gasteiger partial charge on any atom is -0.491 e. The Morgan fingerprint density at radius 3 is 2.88 bits per heavy atom. The predicted octanol–water partition coefficient (Wildman–Crippen LogP) is 2.58. The lowest BCUT2D eigenvalue weighted by Gasteiger charge is -2.24. The number of hydrogen-bond donors (Lipinski definition) is 2. The zero-order valence-corrected chi connectivity index (χ0v) is 15.1. The maximum absolute atomic E-state index is 11.7. The molecule has 0 aliphatic carbocycles. The average molecular weight is 356 g/mol. The fourth-order valence-electron chi connectivity index (χ4n) is 2.80. The molecule has 1 atom stereocenters. The second-order valence-corrected chi connectivity index (χ2v) is 6.41. The Kier molecular flexibility index (Phi) is 5.63. The topological polar surface area (TPSA) is 71.0 Å². The molecule has 0 saturated carbocycles. The van der Waals surface area contributed by atoms with Crippen molar-refractivity contribution in [3.8, 4) is 11.5 Å². The largest absolute Gasteiger partial charge is 0.491 e. The Balaban J connectivity index is 1.71. The number of amides is 1. The summed E-state index contributed by atoms with van der Waals surface area (Å²) in [6, 6.07) is 13.3. The lowest BCUT2D eigenvalue weighted by atomic mass is 10.0. The smallest absolute Gasteiger partial charge is 0.259 e. The number of ether oxygens (including phenoxy) is 2. The van der Waals surface area contributed by atoms with E-state index >= 15 is 0 Å². The standard InChI is InChI=1S/C20H24N2O4/c1-22(2)19(24)13-26-18-9-4-3-6-14(18)12-21-16-8-5-7-15-17(23)10-11-25-20(15)16/h3-9,17,21,23H,10-13H2,1-2H3. The number of anilines is 1. The van der Waals surface area contributed by atoms with Crippen LogP contribution in [0.3, 0.4) is 0 Å². The van der Waals surface area contributed by atoms with Gasteiger partial charge in [0.05, 0.1) is 18.4 Å². The first-order valence-corrected chi connectivity index (χ1v) is 8.64. The Labute approximate surface area is 153 Å². The van der Waals surface area contributed by atoms with Crippen LogP contribution in [0, 0.1) is 0 Å². The molecule has 0 bridgehead atoms. The van der Waals surface area contributed by atoms with Gasteiger partial charge in [-0.3, -0.25) is 4.79 Å². The Morgan fingerprint density at radius 1 is 1.27 bits per heavy atom. The van der Waals surface area contributed by atoms with E-state index in [0.717, 1.165) is 16.8 Å². The third-order valence-electron chi connectivity index (χ3n) is 4.33. The molecule has 1 aliphatic heterocycles. The molecule has 0 saturated heterocycles. The highest BCUT2D eigenvalue weighted by Gasteiger charge is 2.21. The van der Waals surface area contributed by atoms with Crippen molar-refractivity contribution in [1.82, 2.24) is 4.90 Å². The van der Waals surface area contributed by atoms with Gasteiger partial charge in [-0.1, -0.05) is 30.3 Å². The molecule has 138 valence electrons. The summed E-state index contributed by atoms with van der Waals surface area (Å²) >= 11 is 0. The molecule has 1 unspecified atom stereocenters. The van der Waals surface area contributed by atoms with Gasteiger partial charge in [-0.25, -0.2) is 0 Å². The number of carbonyl (C=O) groups is 1. The minimum absolute atomic E-state index is 0.0000516. The van der Waals surface area contributed by atoms with Crippen molar-refractivity contribution in [2.75, 3.05) is 32.6 Å². The van der Waals surface area contributed by atoms with Crippen LogP contribution < -0.4 is 14.8 Å². The number of para-hydroxylation sites is 2. The van der Waals surface area contributed by atoms with Gasteiger partial charge in [0.25, 0.3) is 5.91 Å². The zero-order valence-electron chi connectivity index (χ0n) is 15.1. The second kappa shape index (κ2) is 8.10. The van der Waals surface area contributed by atoms with E-state index in [1.807, 2.05) is 42.5 Å². The lowest BCUT2D eigenvalue weighted by molar-refractivity contribution is -0.130. The summed E-state index contributed by atoms with van der Waals surface area (Å²) in [5.41, 5.74) is 2.58. The number of rotatable bonds is 6. The van der Waals surface area contributed by atoms with Crippen LogP contribution in [0.25, 0.3) is 0 Å². The fourth-order valence-corrected chi connectivity index (χ4v) is 2.80. The van der Waals surface area contributed by atoms with Crippen molar-refractivity contribution >= 4 is 11.6 Å². The normalized spacial score (nSPS) is 15.6. The van der Waals surface area contributed by atoms with Gasteiger partial charge in [-0.2, -0.15) is 0 Å². The van der Waals surface area contributed by atoms with Crippen molar-refractivity contribution in [3.05, 3.63) is 53.6 Å². The molecule has 3 rings (SSSR count). The first kappa shape index (κ1) is 18.1. The molecule has 2 aromatic carbocycles. The van der Waals surface area contributed by atoms with E-state index in [1.54, 1.807) is 14.1 Å². The van der Waals surface area contributed by atoms with E-state index in [2.05, 4.69) is 5.32 Å². The molecule has 26 heavy (non-hydrogen) atoms. The van der Waals surface area contributed by atoms with Crippen LogP contribution in [0.4, 0.5) is 5.69 Å². The molecular weight excluding hydrogens is 332 g/mol. The number of hydrogen-bond acceptors (Lipinski definition) is 5. The fraction of sp³-hybridized carbons (Fsp3) is 0.350. The molecule has 0 spiro atoms. The van der Waals surface area contributed by atoms with Gasteiger partial charge in [0.2, 0.25) is 0 Å². The van der Waals surface area contributed by atoms with Crippen molar-refractivity contribution in [1.29, 1.82) is 0 Å². The van der Waals surface area contributed by atoms with E-state index in [0.29, 0.717) is 31.1 Å². The highest BCUT2D eigenvalue weighted by Crippen LogP contribution is 2.38. The molecule has 1 amide bonds. The van der Waals surface area contributed by atoms with Gasteiger partial charge in [0, 0.05) is 38.2 Å². The summed E-state index contributed by atoms with van der Waals surface area (Å²) < 4.78 is 11.4. The molecule has 0 aromatic heterocycles. The Bertz CT molecular complexity index is 776.